The van der Waals surface area contributed by atoms with E-state index in [9.17, 15) is 0 Å². The lowest BCUT2D eigenvalue weighted by Crippen LogP contribution is -2.49. The van der Waals surface area contributed by atoms with Crippen molar-refractivity contribution in [1.29, 1.82) is 0 Å². The molecule has 0 aliphatic heterocycles. The highest BCUT2D eigenvalue weighted by Crippen LogP contribution is 2.49. The highest BCUT2D eigenvalue weighted by atomic mass is 16.5. The second kappa shape index (κ2) is 11.7. The Labute approximate surface area is 237 Å². The summed E-state index contributed by atoms with van der Waals surface area (Å²) in [6.07, 6.45) is 8.13. The van der Waals surface area contributed by atoms with E-state index in [-0.39, 0.29) is 6.04 Å². The normalized spacial score (nSPS) is 14.4. The van der Waals surface area contributed by atoms with Crippen LogP contribution in [0.15, 0.2) is 140 Å². The van der Waals surface area contributed by atoms with Gasteiger partial charge in [-0.05, 0) is 58.4 Å². The minimum atomic E-state index is -0.565. The van der Waals surface area contributed by atoms with Crippen molar-refractivity contribution < 1.29 is 4.74 Å². The van der Waals surface area contributed by atoms with Crippen molar-refractivity contribution in [2.24, 2.45) is 0 Å². The number of hydrogen-bond acceptors (Lipinski definition) is 2. The monoisotopic (exact) mass is 519 g/mol. The predicted molar refractivity (Wildman–Crippen MR) is 163 cm³/mol. The van der Waals surface area contributed by atoms with Gasteiger partial charge in [0.15, 0.2) is 0 Å². The van der Waals surface area contributed by atoms with Crippen LogP contribution in [-0.4, -0.2) is 11.4 Å². The Morgan fingerprint density at radius 3 is 1.75 bits per heavy atom. The third-order valence-electron chi connectivity index (χ3n) is 8.05. The molecule has 1 atom stereocenters. The maximum absolute atomic E-state index is 6.19. The molecule has 0 amide bonds. The number of rotatable bonds is 9. The Kier molecular flexibility index (Phi) is 7.49. The average Bonchev–Trinajstić information content (AvgIpc) is 3.45. The Hall–Kier alpha value is -4.58. The summed E-state index contributed by atoms with van der Waals surface area (Å²) < 4.78 is 6.19. The molecule has 0 N–H and O–H groups in total. The molecule has 0 bridgehead atoms. The smallest absolute Gasteiger partial charge is 0.120 e. The van der Waals surface area contributed by atoms with Crippen molar-refractivity contribution in [3.63, 3.8) is 0 Å². The van der Waals surface area contributed by atoms with Crippen LogP contribution in [0.25, 0.3) is 0 Å². The number of benzene rings is 5. The van der Waals surface area contributed by atoms with Crippen molar-refractivity contribution in [1.82, 2.24) is 4.90 Å². The lowest BCUT2D eigenvalue weighted by molar-refractivity contribution is 0.116. The Morgan fingerprint density at radius 2 is 1.23 bits per heavy atom. The summed E-state index contributed by atoms with van der Waals surface area (Å²) in [5, 5.41) is 0. The molecular weight excluding hydrogens is 486 g/mol. The van der Waals surface area contributed by atoms with Crippen LogP contribution in [-0.2, 0) is 18.6 Å². The van der Waals surface area contributed by atoms with Gasteiger partial charge in [0, 0.05) is 6.04 Å². The molecule has 0 saturated carbocycles. The number of fused-ring (bicyclic) bond motifs is 1. The van der Waals surface area contributed by atoms with E-state index >= 15 is 0 Å². The van der Waals surface area contributed by atoms with Gasteiger partial charge in [-0.15, -0.1) is 6.42 Å². The molecule has 0 spiro atoms. The number of hydrogen-bond donors (Lipinski definition) is 0. The van der Waals surface area contributed by atoms with Crippen LogP contribution < -0.4 is 4.74 Å². The van der Waals surface area contributed by atoms with Crippen molar-refractivity contribution in [3.8, 4) is 18.1 Å². The molecule has 40 heavy (non-hydrogen) atoms. The maximum atomic E-state index is 6.19. The van der Waals surface area contributed by atoms with Crippen LogP contribution in [0.5, 0.6) is 5.75 Å². The van der Waals surface area contributed by atoms with E-state index in [2.05, 4.69) is 132 Å². The van der Waals surface area contributed by atoms with E-state index in [1.54, 1.807) is 0 Å². The molecule has 196 valence electrons. The van der Waals surface area contributed by atoms with E-state index in [0.29, 0.717) is 13.2 Å². The fraction of sp³-hybridized carbons (Fsp3) is 0.158. The largest absolute Gasteiger partial charge is 0.489 e. The first-order valence-electron chi connectivity index (χ1n) is 14.0. The third-order valence-corrected chi connectivity index (χ3v) is 8.05. The molecule has 0 fully saturated rings. The SMILES string of the molecule is C#CCN(C1CCc2cc(OCc3ccccc3)ccc21)C(c1ccccc1)(c1ccccc1)c1ccccc1. The zero-order valence-electron chi connectivity index (χ0n) is 22.6. The second-order valence-electron chi connectivity index (χ2n) is 10.3. The van der Waals surface area contributed by atoms with Crippen LogP contribution in [0.1, 0.15) is 45.8 Å². The van der Waals surface area contributed by atoms with Gasteiger partial charge in [0.25, 0.3) is 0 Å². The minimum Gasteiger partial charge on any atom is -0.489 e. The lowest BCUT2D eigenvalue weighted by atomic mass is 9.74. The molecule has 1 unspecified atom stereocenters. The van der Waals surface area contributed by atoms with E-state index < -0.39 is 5.54 Å². The summed E-state index contributed by atoms with van der Waals surface area (Å²) in [7, 11) is 0. The van der Waals surface area contributed by atoms with E-state index in [0.717, 1.165) is 18.6 Å². The second-order valence-corrected chi connectivity index (χ2v) is 10.3. The molecule has 2 nitrogen and oxygen atoms in total. The average molecular weight is 520 g/mol. The van der Waals surface area contributed by atoms with Crippen LogP contribution in [0.2, 0.25) is 0 Å². The molecule has 2 heteroatoms. The van der Waals surface area contributed by atoms with Crippen LogP contribution in [0.4, 0.5) is 0 Å². The van der Waals surface area contributed by atoms with Crippen LogP contribution >= 0.6 is 0 Å². The molecule has 0 saturated heterocycles. The predicted octanol–water partition coefficient (Wildman–Crippen LogP) is 8.18. The van der Waals surface area contributed by atoms with Crippen molar-refractivity contribution >= 4 is 0 Å². The number of aryl methyl sites for hydroxylation is 1. The fourth-order valence-electron chi connectivity index (χ4n) is 6.32. The zero-order chi connectivity index (χ0) is 27.2. The van der Waals surface area contributed by atoms with Crippen molar-refractivity contribution in [2.75, 3.05) is 6.54 Å². The summed E-state index contributed by atoms with van der Waals surface area (Å²) in [6.45, 7) is 1.07. The highest BCUT2D eigenvalue weighted by molar-refractivity contribution is 5.51. The van der Waals surface area contributed by atoms with E-state index in [1.807, 2.05) is 18.2 Å². The standard InChI is InChI=1S/C38H33NO/c1-2-27-39(37-26-23-31-28-35(24-25-36(31)37)40-29-30-15-7-3-8-16-30)38(32-17-9-4-10-18-32,33-19-11-5-12-20-33)34-21-13-6-14-22-34/h1,3-22,24-25,28,37H,23,26-27,29H2. The minimum absolute atomic E-state index is 0.148. The summed E-state index contributed by atoms with van der Waals surface area (Å²) in [6, 6.07) is 49.5. The Morgan fingerprint density at radius 1 is 0.700 bits per heavy atom. The lowest BCUT2D eigenvalue weighted by Gasteiger charge is -2.48. The van der Waals surface area contributed by atoms with E-state index in [1.165, 1.54) is 33.4 Å². The third kappa shape index (κ3) is 4.81. The first-order chi connectivity index (χ1) is 19.8. The number of terminal acetylenes is 1. The van der Waals surface area contributed by atoms with Crippen LogP contribution in [0, 0.1) is 12.3 Å². The molecule has 0 radical (unpaired) electrons. The van der Waals surface area contributed by atoms with Crippen molar-refractivity contribution in [2.45, 2.75) is 31.0 Å². The van der Waals surface area contributed by atoms with Gasteiger partial charge in [0.05, 0.1) is 12.1 Å². The molecule has 0 heterocycles. The molecule has 6 rings (SSSR count). The van der Waals surface area contributed by atoms with Gasteiger partial charge < -0.3 is 4.74 Å². The van der Waals surface area contributed by atoms with Gasteiger partial charge in [-0.1, -0.05) is 133 Å². The number of nitrogens with zero attached hydrogens (tertiary/aromatic N) is 1. The summed E-state index contributed by atoms with van der Waals surface area (Å²) >= 11 is 0. The van der Waals surface area contributed by atoms with Gasteiger partial charge in [0.1, 0.15) is 12.4 Å². The Bertz CT molecular complexity index is 1480. The van der Waals surface area contributed by atoms with Gasteiger partial charge in [0.2, 0.25) is 0 Å². The zero-order valence-corrected chi connectivity index (χ0v) is 22.6. The quantitative estimate of drug-likeness (QED) is 0.144. The number of ether oxygens (including phenoxy) is 1. The maximum Gasteiger partial charge on any atom is 0.120 e. The molecule has 5 aromatic carbocycles. The van der Waals surface area contributed by atoms with Crippen LogP contribution in [0.3, 0.4) is 0 Å². The van der Waals surface area contributed by atoms with Gasteiger partial charge in [-0.25, -0.2) is 0 Å². The Balaban J connectivity index is 1.46. The molecule has 1 aliphatic carbocycles. The molecule has 5 aromatic rings. The van der Waals surface area contributed by atoms with Gasteiger partial charge in [-0.2, -0.15) is 0 Å². The summed E-state index contributed by atoms with van der Waals surface area (Å²) in [5.41, 5.74) is 6.89. The van der Waals surface area contributed by atoms with Gasteiger partial charge in [-0.3, -0.25) is 4.90 Å². The summed E-state index contributed by atoms with van der Waals surface area (Å²) in [5.74, 6) is 3.95. The first kappa shape index (κ1) is 25.7. The van der Waals surface area contributed by atoms with E-state index in [4.69, 9.17) is 11.2 Å². The fourth-order valence-corrected chi connectivity index (χ4v) is 6.32. The molecule has 0 aromatic heterocycles. The molecule has 1 aliphatic rings. The first-order valence-corrected chi connectivity index (χ1v) is 14.0. The summed E-state index contributed by atoms with van der Waals surface area (Å²) in [4.78, 5) is 2.54. The van der Waals surface area contributed by atoms with Gasteiger partial charge >= 0.3 is 0 Å². The van der Waals surface area contributed by atoms with Crippen molar-refractivity contribution in [3.05, 3.63) is 173 Å². The topological polar surface area (TPSA) is 12.5 Å². The highest BCUT2D eigenvalue weighted by Gasteiger charge is 2.46. The molecular formula is C38H33NO.